The summed E-state index contributed by atoms with van der Waals surface area (Å²) < 4.78 is 19.4. The van der Waals surface area contributed by atoms with Gasteiger partial charge in [0.25, 0.3) is 0 Å². The summed E-state index contributed by atoms with van der Waals surface area (Å²) in [4.78, 5) is 22.8. The van der Waals surface area contributed by atoms with E-state index in [1.54, 1.807) is 6.07 Å². The third-order valence-corrected chi connectivity index (χ3v) is 3.00. The summed E-state index contributed by atoms with van der Waals surface area (Å²) in [5.74, 6) is -1.31. The Kier molecular flexibility index (Phi) is 3.75. The lowest BCUT2D eigenvalue weighted by Crippen LogP contribution is -2.21. The number of benzene rings is 1. The highest BCUT2D eigenvalue weighted by molar-refractivity contribution is 9.10. The highest BCUT2D eigenvalue weighted by Crippen LogP contribution is 2.18. The van der Waals surface area contributed by atoms with Gasteiger partial charge in [-0.1, -0.05) is 0 Å². The lowest BCUT2D eigenvalue weighted by Gasteiger charge is -2.07. The second kappa shape index (κ2) is 5.31. The van der Waals surface area contributed by atoms with Crippen LogP contribution in [0, 0.1) is 5.82 Å². The zero-order chi connectivity index (χ0) is 14.0. The van der Waals surface area contributed by atoms with Gasteiger partial charge in [0.1, 0.15) is 5.82 Å². The number of esters is 1. The van der Waals surface area contributed by atoms with E-state index in [9.17, 15) is 14.0 Å². The zero-order valence-corrected chi connectivity index (χ0v) is 11.3. The molecule has 5 nitrogen and oxygen atoms in total. The normalized spacial score (nSPS) is 10.3. The summed E-state index contributed by atoms with van der Waals surface area (Å²) in [6, 6.07) is 5.48. The van der Waals surface area contributed by atoms with E-state index >= 15 is 0 Å². The van der Waals surface area contributed by atoms with Crippen LogP contribution in [0.5, 0.6) is 0 Å². The minimum Gasteiger partial charge on any atom is -0.464 e. The Bertz CT molecular complexity index is 700. The molecule has 2 aromatic rings. The summed E-state index contributed by atoms with van der Waals surface area (Å²) in [7, 11) is 1.15. The molecule has 0 spiro atoms. The predicted molar refractivity (Wildman–Crippen MR) is 68.8 cm³/mol. The van der Waals surface area contributed by atoms with E-state index < -0.39 is 17.2 Å². The number of carbonyl (C=O) groups is 1. The zero-order valence-electron chi connectivity index (χ0n) is 9.76. The molecular formula is C12H8BrFN2O3. The van der Waals surface area contributed by atoms with Crippen LogP contribution in [0.1, 0.15) is 10.5 Å². The van der Waals surface area contributed by atoms with Gasteiger partial charge in [0.05, 0.1) is 17.3 Å². The van der Waals surface area contributed by atoms with Crippen molar-refractivity contribution in [1.82, 2.24) is 9.78 Å². The van der Waals surface area contributed by atoms with Crippen molar-refractivity contribution in [3.63, 3.8) is 0 Å². The van der Waals surface area contributed by atoms with Gasteiger partial charge in [0.2, 0.25) is 11.1 Å². The molecule has 1 heterocycles. The van der Waals surface area contributed by atoms with E-state index in [4.69, 9.17) is 0 Å². The van der Waals surface area contributed by atoms with Crippen LogP contribution in [-0.4, -0.2) is 22.9 Å². The Labute approximate surface area is 115 Å². The van der Waals surface area contributed by atoms with Gasteiger partial charge in [0.15, 0.2) is 0 Å². The molecule has 7 heteroatoms. The summed E-state index contributed by atoms with van der Waals surface area (Å²) in [6.45, 7) is 0. The van der Waals surface area contributed by atoms with E-state index in [1.807, 2.05) is 0 Å². The van der Waals surface area contributed by atoms with Crippen LogP contribution in [-0.2, 0) is 4.74 Å². The number of rotatable bonds is 2. The second-order valence-electron chi connectivity index (χ2n) is 3.56. The molecule has 0 radical (unpaired) electrons. The van der Waals surface area contributed by atoms with Gasteiger partial charge in [-0.3, -0.25) is 4.79 Å². The Balaban J connectivity index is 2.54. The maximum Gasteiger partial charge on any atom is 0.362 e. The van der Waals surface area contributed by atoms with E-state index in [0.717, 1.165) is 7.11 Å². The molecule has 0 atom stereocenters. The predicted octanol–water partition coefficient (Wildman–Crippen LogP) is 1.92. The van der Waals surface area contributed by atoms with Gasteiger partial charge in [0, 0.05) is 18.3 Å². The number of hydrogen-bond donors (Lipinski definition) is 0. The first-order chi connectivity index (χ1) is 9.02. The molecule has 0 bridgehead atoms. The smallest absolute Gasteiger partial charge is 0.362 e. The standard InChI is InChI=1S/C12H8BrFN2O3/c1-19-12(18)11-10(17)4-5-16(15-11)7-2-3-8(13)9(14)6-7/h2-6H,1H3. The highest BCUT2D eigenvalue weighted by Gasteiger charge is 2.13. The quantitative estimate of drug-likeness (QED) is 0.791. The number of methoxy groups -OCH3 is 1. The van der Waals surface area contributed by atoms with Crippen molar-refractivity contribution in [3.05, 3.63) is 56.7 Å². The lowest BCUT2D eigenvalue weighted by atomic mass is 10.3. The first kappa shape index (κ1) is 13.4. The number of nitrogens with zero attached hydrogens (tertiary/aromatic N) is 2. The third kappa shape index (κ3) is 2.70. The number of aromatic nitrogens is 2. The minimum absolute atomic E-state index is 0.311. The Morgan fingerprint density at radius 2 is 2.16 bits per heavy atom. The number of halogens is 2. The summed E-state index contributed by atoms with van der Waals surface area (Å²) in [6.07, 6.45) is 1.34. The molecule has 0 fully saturated rings. The van der Waals surface area contributed by atoms with E-state index in [-0.39, 0.29) is 5.69 Å². The summed E-state index contributed by atoms with van der Waals surface area (Å²) in [5.41, 5.74) is -0.528. The molecule has 0 saturated heterocycles. The Morgan fingerprint density at radius 3 is 2.79 bits per heavy atom. The van der Waals surface area contributed by atoms with Crippen molar-refractivity contribution in [1.29, 1.82) is 0 Å². The first-order valence-electron chi connectivity index (χ1n) is 5.16. The van der Waals surface area contributed by atoms with Crippen LogP contribution in [0.4, 0.5) is 4.39 Å². The molecule has 0 N–H and O–H groups in total. The van der Waals surface area contributed by atoms with Crippen LogP contribution in [0.15, 0.2) is 39.7 Å². The van der Waals surface area contributed by atoms with Gasteiger partial charge >= 0.3 is 5.97 Å². The average molecular weight is 327 g/mol. The largest absolute Gasteiger partial charge is 0.464 e. The van der Waals surface area contributed by atoms with Crippen LogP contribution < -0.4 is 5.43 Å². The SMILES string of the molecule is COC(=O)c1nn(-c2ccc(Br)c(F)c2)ccc1=O. The third-order valence-electron chi connectivity index (χ3n) is 2.35. The molecule has 19 heavy (non-hydrogen) atoms. The maximum atomic E-state index is 13.4. The first-order valence-corrected chi connectivity index (χ1v) is 5.96. The van der Waals surface area contributed by atoms with Gasteiger partial charge < -0.3 is 4.74 Å². The van der Waals surface area contributed by atoms with Crippen LogP contribution in [0.25, 0.3) is 5.69 Å². The Morgan fingerprint density at radius 1 is 1.42 bits per heavy atom. The van der Waals surface area contributed by atoms with Crippen LogP contribution >= 0.6 is 15.9 Å². The second-order valence-corrected chi connectivity index (χ2v) is 4.42. The molecule has 1 aromatic carbocycles. The molecule has 0 aliphatic carbocycles. The fraction of sp³-hybridized carbons (Fsp3) is 0.0833. The van der Waals surface area contributed by atoms with Crippen LogP contribution in [0.2, 0.25) is 0 Å². The molecule has 98 valence electrons. The number of hydrogen-bond acceptors (Lipinski definition) is 4. The molecule has 2 rings (SSSR count). The molecule has 0 aliphatic rings. The molecule has 0 saturated carbocycles. The van der Waals surface area contributed by atoms with Crippen molar-refractivity contribution in [2.75, 3.05) is 7.11 Å². The van der Waals surface area contributed by atoms with Gasteiger partial charge in [-0.2, -0.15) is 5.10 Å². The highest BCUT2D eigenvalue weighted by atomic mass is 79.9. The van der Waals surface area contributed by atoms with Crippen molar-refractivity contribution < 1.29 is 13.9 Å². The molecule has 1 aromatic heterocycles. The number of ether oxygens (including phenoxy) is 1. The van der Waals surface area contributed by atoms with Crippen molar-refractivity contribution in [2.45, 2.75) is 0 Å². The van der Waals surface area contributed by atoms with Gasteiger partial charge in [-0.25, -0.2) is 13.9 Å². The topological polar surface area (TPSA) is 61.2 Å². The van der Waals surface area contributed by atoms with E-state index in [0.29, 0.717) is 10.2 Å². The molecular weight excluding hydrogens is 319 g/mol. The maximum absolute atomic E-state index is 13.4. The van der Waals surface area contributed by atoms with E-state index in [1.165, 1.54) is 29.1 Å². The summed E-state index contributed by atoms with van der Waals surface area (Å²) >= 11 is 3.03. The van der Waals surface area contributed by atoms with Crippen molar-refractivity contribution >= 4 is 21.9 Å². The van der Waals surface area contributed by atoms with Crippen LogP contribution in [0.3, 0.4) is 0 Å². The van der Waals surface area contributed by atoms with Gasteiger partial charge in [-0.15, -0.1) is 0 Å². The monoisotopic (exact) mass is 326 g/mol. The molecule has 0 amide bonds. The fourth-order valence-corrected chi connectivity index (χ4v) is 1.66. The summed E-state index contributed by atoms with van der Waals surface area (Å²) in [5, 5.41) is 3.83. The van der Waals surface area contributed by atoms with Crippen molar-refractivity contribution in [2.24, 2.45) is 0 Å². The van der Waals surface area contributed by atoms with Gasteiger partial charge in [-0.05, 0) is 28.1 Å². The lowest BCUT2D eigenvalue weighted by molar-refractivity contribution is 0.0590. The molecule has 0 aliphatic heterocycles. The number of carbonyl (C=O) groups excluding carboxylic acids is 1. The molecule has 0 unspecified atom stereocenters. The fourth-order valence-electron chi connectivity index (χ4n) is 1.42. The Hall–Kier alpha value is -2.02. The average Bonchev–Trinajstić information content (AvgIpc) is 2.41. The van der Waals surface area contributed by atoms with E-state index in [2.05, 4.69) is 25.8 Å². The minimum atomic E-state index is -0.836. The van der Waals surface area contributed by atoms with Crippen molar-refractivity contribution in [3.8, 4) is 5.69 Å².